The van der Waals surface area contributed by atoms with Crippen LogP contribution in [-0.2, 0) is 45.8 Å². The van der Waals surface area contributed by atoms with E-state index < -0.39 is 67.0 Å². The van der Waals surface area contributed by atoms with Crippen molar-refractivity contribution in [2.75, 3.05) is 20.3 Å². The van der Waals surface area contributed by atoms with E-state index in [0.717, 1.165) is 0 Å². The summed E-state index contributed by atoms with van der Waals surface area (Å²) in [5.74, 6) is -0.478. The standard InChI is InChI=1S/C14H20BO15P3/c1-24-13-12(28-11(16)8-25-9-5-3-2-4-6-9)10(27-14(13)15)7-26-32(20,21)30-33(22,23)29-31(17,18)19/h2-6,10,12-14H,7-8H2,1H3,(H,20,21)(H,22,23)(H2,17,18,19). The topological polar surface area (TPSA) is 214 Å². The number of hydrogen-bond acceptors (Lipinski definition) is 11. The van der Waals surface area contributed by atoms with Crippen molar-refractivity contribution in [1.29, 1.82) is 0 Å². The predicted octanol–water partition coefficient (Wildman–Crippen LogP) is 0.229. The monoisotopic (exact) mass is 532 g/mol. The normalized spacial score (nSPS) is 26.8. The summed E-state index contributed by atoms with van der Waals surface area (Å²) < 4.78 is 66.6. The summed E-state index contributed by atoms with van der Waals surface area (Å²) in [4.78, 5) is 48.0. The molecule has 1 heterocycles. The smallest absolute Gasteiger partial charge is 0.482 e. The molecule has 15 nitrogen and oxygen atoms in total. The number of benzene rings is 1. The van der Waals surface area contributed by atoms with Crippen molar-refractivity contribution in [3.8, 4) is 5.75 Å². The maximum absolute atomic E-state index is 12.2. The number of methoxy groups -OCH3 is 1. The largest absolute Gasteiger partial charge is 0.490 e. The second-order valence-electron chi connectivity index (χ2n) is 6.28. The molecule has 33 heavy (non-hydrogen) atoms. The lowest BCUT2D eigenvalue weighted by molar-refractivity contribution is -0.159. The molecular weight excluding hydrogens is 512 g/mol. The van der Waals surface area contributed by atoms with Gasteiger partial charge in [0.15, 0.2) is 12.7 Å². The van der Waals surface area contributed by atoms with Crippen LogP contribution in [0.1, 0.15) is 0 Å². The van der Waals surface area contributed by atoms with Crippen LogP contribution in [0, 0.1) is 0 Å². The zero-order valence-corrected chi connectivity index (χ0v) is 19.5. The first kappa shape index (κ1) is 28.1. The van der Waals surface area contributed by atoms with Gasteiger partial charge in [-0.25, -0.2) is 18.5 Å². The molecule has 1 fully saturated rings. The number of esters is 1. The van der Waals surface area contributed by atoms with E-state index in [-0.39, 0.29) is 0 Å². The molecule has 0 aliphatic carbocycles. The Kier molecular flexibility index (Phi) is 9.84. The molecule has 6 unspecified atom stereocenters. The lowest BCUT2D eigenvalue weighted by Gasteiger charge is -2.23. The Balaban J connectivity index is 1.98. The molecular formula is C14H20BO15P3. The predicted molar refractivity (Wildman–Crippen MR) is 107 cm³/mol. The quantitative estimate of drug-likeness (QED) is 0.161. The van der Waals surface area contributed by atoms with Crippen LogP contribution in [-0.4, -0.2) is 78.0 Å². The Labute approximate surface area is 188 Å². The van der Waals surface area contributed by atoms with Crippen LogP contribution >= 0.6 is 23.5 Å². The highest BCUT2D eigenvalue weighted by Gasteiger charge is 2.47. The third kappa shape index (κ3) is 9.57. The highest BCUT2D eigenvalue weighted by atomic mass is 31.3. The van der Waals surface area contributed by atoms with E-state index in [0.29, 0.717) is 5.75 Å². The maximum Gasteiger partial charge on any atom is 0.490 e. The highest BCUT2D eigenvalue weighted by Crippen LogP contribution is 2.66. The van der Waals surface area contributed by atoms with Gasteiger partial charge in [0.25, 0.3) is 0 Å². The molecule has 0 saturated carbocycles. The number of rotatable bonds is 12. The third-order valence-electron chi connectivity index (χ3n) is 3.80. The summed E-state index contributed by atoms with van der Waals surface area (Å²) in [6.45, 7) is -1.39. The van der Waals surface area contributed by atoms with Crippen LogP contribution in [0.4, 0.5) is 0 Å². The number of para-hydroxylation sites is 1. The summed E-state index contributed by atoms with van der Waals surface area (Å²) in [6, 6.07) is 7.16. The molecule has 1 aromatic rings. The average molecular weight is 532 g/mol. The molecule has 2 rings (SSSR count). The minimum atomic E-state index is -5.70. The van der Waals surface area contributed by atoms with Gasteiger partial charge in [-0.3, -0.25) is 4.52 Å². The summed E-state index contributed by atoms with van der Waals surface area (Å²) in [6.07, 6.45) is -3.60. The van der Waals surface area contributed by atoms with E-state index in [2.05, 4.69) is 13.1 Å². The van der Waals surface area contributed by atoms with Crippen LogP contribution in [0.2, 0.25) is 0 Å². The molecule has 1 aromatic carbocycles. The van der Waals surface area contributed by atoms with E-state index in [1.807, 2.05) is 0 Å². The molecule has 1 saturated heterocycles. The van der Waals surface area contributed by atoms with E-state index in [1.165, 1.54) is 7.11 Å². The van der Waals surface area contributed by atoms with Gasteiger partial charge in [-0.1, -0.05) is 18.2 Å². The van der Waals surface area contributed by atoms with Crippen molar-refractivity contribution in [1.82, 2.24) is 0 Å². The van der Waals surface area contributed by atoms with Gasteiger partial charge in [0, 0.05) is 13.1 Å². The maximum atomic E-state index is 12.2. The number of hydrogen-bond donors (Lipinski definition) is 4. The first-order chi connectivity index (χ1) is 15.2. The summed E-state index contributed by atoms with van der Waals surface area (Å²) in [5, 5.41) is 0. The fourth-order valence-corrected chi connectivity index (χ4v) is 5.65. The van der Waals surface area contributed by atoms with Crippen molar-refractivity contribution < 1.29 is 70.2 Å². The molecule has 4 N–H and O–H groups in total. The van der Waals surface area contributed by atoms with Crippen molar-refractivity contribution in [2.45, 2.75) is 24.3 Å². The molecule has 0 spiro atoms. The third-order valence-corrected chi connectivity index (χ3v) is 7.61. The summed E-state index contributed by atoms with van der Waals surface area (Å²) >= 11 is 0. The van der Waals surface area contributed by atoms with Gasteiger partial charge < -0.3 is 38.5 Å². The zero-order chi connectivity index (χ0) is 24.9. The Bertz CT molecular complexity index is 939. The molecule has 0 amide bonds. The van der Waals surface area contributed by atoms with E-state index in [4.69, 9.17) is 36.6 Å². The van der Waals surface area contributed by atoms with E-state index in [9.17, 15) is 28.3 Å². The van der Waals surface area contributed by atoms with Gasteiger partial charge in [-0.05, 0) is 12.1 Å². The summed E-state index contributed by atoms with van der Waals surface area (Å²) in [5.41, 5.74) is 0. The molecule has 184 valence electrons. The molecule has 19 heteroatoms. The van der Waals surface area contributed by atoms with E-state index in [1.54, 1.807) is 30.3 Å². The summed E-state index contributed by atoms with van der Waals surface area (Å²) in [7, 11) is -9.68. The van der Waals surface area contributed by atoms with Crippen molar-refractivity contribution in [3.05, 3.63) is 30.3 Å². The molecule has 1 aliphatic heterocycles. The fraction of sp³-hybridized carbons (Fsp3) is 0.500. The van der Waals surface area contributed by atoms with Gasteiger partial charge in [0.2, 0.25) is 0 Å². The van der Waals surface area contributed by atoms with Crippen LogP contribution in [0.15, 0.2) is 30.3 Å². The molecule has 1 aliphatic rings. The Hall–Kier alpha value is -1.12. The molecule has 6 atom stereocenters. The first-order valence-corrected chi connectivity index (χ1v) is 13.3. The molecule has 0 bridgehead atoms. The number of phosphoric acid groups is 3. The van der Waals surface area contributed by atoms with Gasteiger partial charge in [0.05, 0.1) is 6.61 Å². The van der Waals surface area contributed by atoms with Gasteiger partial charge >= 0.3 is 29.4 Å². The first-order valence-electron chi connectivity index (χ1n) is 8.81. The SMILES string of the molecule is [B]C1OC(COP(=O)(O)OP(=O)(O)OP(=O)(O)O)C(OC(=O)COc2ccccc2)C1OC. The zero-order valence-electron chi connectivity index (χ0n) is 16.8. The average Bonchev–Trinajstić information content (AvgIpc) is 2.97. The van der Waals surface area contributed by atoms with Gasteiger partial charge in [-0.2, -0.15) is 8.62 Å². The van der Waals surface area contributed by atoms with Crippen molar-refractivity contribution in [2.24, 2.45) is 0 Å². The van der Waals surface area contributed by atoms with Crippen LogP contribution in [0.5, 0.6) is 5.75 Å². The van der Waals surface area contributed by atoms with Crippen LogP contribution in [0.3, 0.4) is 0 Å². The Morgan fingerprint density at radius 1 is 1.03 bits per heavy atom. The lowest BCUT2D eigenvalue weighted by Crippen LogP contribution is -2.41. The number of carbonyl (C=O) groups is 1. The fourth-order valence-electron chi connectivity index (χ4n) is 2.62. The second-order valence-corrected chi connectivity index (χ2v) is 10.7. The molecule has 2 radical (unpaired) electrons. The van der Waals surface area contributed by atoms with Gasteiger partial charge in [-0.15, -0.1) is 0 Å². The van der Waals surface area contributed by atoms with Crippen LogP contribution in [0.25, 0.3) is 0 Å². The number of ether oxygens (including phenoxy) is 4. The lowest BCUT2D eigenvalue weighted by atomic mass is 9.93. The Morgan fingerprint density at radius 3 is 2.24 bits per heavy atom. The number of phosphoric ester groups is 1. The van der Waals surface area contributed by atoms with Crippen LogP contribution < -0.4 is 4.74 Å². The second kappa shape index (κ2) is 11.5. The van der Waals surface area contributed by atoms with Crippen molar-refractivity contribution >= 4 is 37.3 Å². The molecule has 0 aromatic heterocycles. The minimum Gasteiger partial charge on any atom is -0.482 e. The number of carbonyl (C=O) groups excluding carboxylic acids is 1. The van der Waals surface area contributed by atoms with Crippen molar-refractivity contribution in [3.63, 3.8) is 0 Å². The van der Waals surface area contributed by atoms with Gasteiger partial charge in [0.1, 0.15) is 25.8 Å². The minimum absolute atomic E-state index is 0.390. The van der Waals surface area contributed by atoms with E-state index >= 15 is 0 Å². The Morgan fingerprint density at radius 2 is 1.67 bits per heavy atom. The highest BCUT2D eigenvalue weighted by molar-refractivity contribution is 7.66.